The van der Waals surface area contributed by atoms with Gasteiger partial charge in [-0.15, -0.1) is 0 Å². The van der Waals surface area contributed by atoms with Crippen LogP contribution < -0.4 is 14.7 Å². The predicted molar refractivity (Wildman–Crippen MR) is 317 cm³/mol. The molecule has 11 rings (SSSR count). The van der Waals surface area contributed by atoms with E-state index in [-0.39, 0.29) is 17.9 Å². The van der Waals surface area contributed by atoms with E-state index in [2.05, 4.69) is 302 Å². The molecule has 0 saturated heterocycles. The third kappa shape index (κ3) is 10.1. The lowest BCUT2D eigenvalue weighted by molar-refractivity contribution is 0.542. The van der Waals surface area contributed by atoms with Crippen molar-refractivity contribution >= 4 is 57.0 Å². The molecular formula is C71H63N3. The summed E-state index contributed by atoms with van der Waals surface area (Å²) in [6.07, 6.45) is 29.6. The van der Waals surface area contributed by atoms with Gasteiger partial charge in [-0.1, -0.05) is 202 Å². The summed E-state index contributed by atoms with van der Waals surface area (Å²) < 4.78 is 0. The maximum Gasteiger partial charge on any atom is 0.0561 e. The highest BCUT2D eigenvalue weighted by molar-refractivity contribution is 5.83. The third-order valence-electron chi connectivity index (χ3n) is 15.1. The van der Waals surface area contributed by atoms with E-state index in [1.54, 1.807) is 0 Å². The van der Waals surface area contributed by atoms with Crippen LogP contribution in [0.3, 0.4) is 0 Å². The molecular weight excluding hydrogens is 895 g/mol. The second kappa shape index (κ2) is 22.0. The Morgan fingerprint density at radius 1 is 0.554 bits per heavy atom. The van der Waals surface area contributed by atoms with Crippen molar-refractivity contribution in [3.8, 4) is 0 Å². The highest BCUT2D eigenvalue weighted by Gasteiger charge is 2.30. The molecule has 0 heterocycles. The monoisotopic (exact) mass is 958 g/mol. The number of nitrogens with zero attached hydrogens (tertiary/aromatic N) is 3. The van der Waals surface area contributed by atoms with Crippen LogP contribution in [0.15, 0.2) is 284 Å². The molecule has 0 bridgehead atoms. The number of hydrogen-bond donors (Lipinski definition) is 0. The van der Waals surface area contributed by atoms with Crippen molar-refractivity contribution < 1.29 is 0 Å². The Bertz CT molecular complexity index is 3460. The molecule has 0 N–H and O–H groups in total. The Morgan fingerprint density at radius 2 is 1.19 bits per heavy atom. The summed E-state index contributed by atoms with van der Waals surface area (Å²) in [4.78, 5) is 7.33. The minimum atomic E-state index is 0.0902. The standard InChI is InChI=1S/C71H63N3/c1-4-19-55-35-39-68(51-54(55)5-2)73(61-25-11-7-12-26-61)66-42-40-64(41-43-66)72(65-44-46-67(47-45-65)74(62-27-13-8-14-28-62)71-49-36-58-23-17-18-29-69(58)52(71)3)63-37-30-53(31-38-63)32-48-70(57-21-9-6-10-22-57)60-34-33-56-20-15-16-24-59(56)50-60/h4-31,33-42,44-47,49-52,66,69-70H,2,32,43,48H2,1,3H3/b19-4-. The Balaban J connectivity index is 0.933. The van der Waals surface area contributed by atoms with E-state index in [4.69, 9.17) is 0 Å². The van der Waals surface area contributed by atoms with E-state index in [0.717, 1.165) is 70.2 Å². The molecule has 362 valence electrons. The van der Waals surface area contributed by atoms with E-state index in [9.17, 15) is 0 Å². The first-order valence-electron chi connectivity index (χ1n) is 26.3. The average Bonchev–Trinajstić information content (AvgIpc) is 3.46. The van der Waals surface area contributed by atoms with Crippen molar-refractivity contribution in [3.05, 3.63) is 312 Å². The van der Waals surface area contributed by atoms with Crippen molar-refractivity contribution in [3.63, 3.8) is 0 Å². The Morgan fingerprint density at radius 3 is 1.88 bits per heavy atom. The SMILES string of the molecule is C=Cc1cc(N(c2ccccc2)C2C=CC(N(c3ccc(CCC(c4ccccc4)c4ccc5ccccc5c4)cc3)c3ccc(N(C4=CC=C5C=CC=CC5C4C)c4ccccc4)cc3)=CC2)ccc1/C=C\C. The van der Waals surface area contributed by atoms with E-state index < -0.39 is 0 Å². The van der Waals surface area contributed by atoms with Gasteiger partial charge in [0, 0.05) is 63.3 Å². The van der Waals surface area contributed by atoms with E-state index in [0.29, 0.717) is 5.92 Å². The van der Waals surface area contributed by atoms with Gasteiger partial charge < -0.3 is 14.7 Å². The summed E-state index contributed by atoms with van der Waals surface area (Å²) in [5, 5.41) is 2.56. The quantitative estimate of drug-likeness (QED) is 0.0955. The van der Waals surface area contributed by atoms with Gasteiger partial charge in [0.15, 0.2) is 0 Å². The third-order valence-corrected chi connectivity index (χ3v) is 15.1. The molecule has 3 nitrogen and oxygen atoms in total. The first-order chi connectivity index (χ1) is 36.5. The van der Waals surface area contributed by atoms with E-state index in [1.807, 2.05) is 6.08 Å². The summed E-state index contributed by atoms with van der Waals surface area (Å²) in [5.41, 5.74) is 16.9. The zero-order chi connectivity index (χ0) is 50.2. The number of aryl methyl sites for hydroxylation is 1. The summed E-state index contributed by atoms with van der Waals surface area (Å²) in [5.74, 6) is 0.903. The second-order valence-electron chi connectivity index (χ2n) is 19.6. The number of anilines is 6. The molecule has 3 aliphatic rings. The van der Waals surface area contributed by atoms with Crippen LogP contribution in [0.5, 0.6) is 0 Å². The van der Waals surface area contributed by atoms with Gasteiger partial charge in [0.2, 0.25) is 0 Å². The Kier molecular flexibility index (Phi) is 14.2. The zero-order valence-corrected chi connectivity index (χ0v) is 42.5. The Hall–Kier alpha value is -8.66. The van der Waals surface area contributed by atoms with Crippen molar-refractivity contribution in [2.24, 2.45) is 11.8 Å². The number of para-hydroxylation sites is 2. The van der Waals surface area contributed by atoms with Crippen LogP contribution in [-0.4, -0.2) is 6.04 Å². The van der Waals surface area contributed by atoms with Crippen molar-refractivity contribution in [1.29, 1.82) is 0 Å². The fourth-order valence-corrected chi connectivity index (χ4v) is 11.3. The van der Waals surface area contributed by atoms with Crippen LogP contribution in [0.2, 0.25) is 0 Å². The smallest absolute Gasteiger partial charge is 0.0561 e. The average molecular weight is 958 g/mol. The number of rotatable bonds is 16. The minimum Gasteiger partial charge on any atom is -0.334 e. The van der Waals surface area contributed by atoms with Crippen molar-refractivity contribution in [1.82, 2.24) is 0 Å². The number of allylic oxidation sites excluding steroid dienone is 10. The van der Waals surface area contributed by atoms with Crippen LogP contribution in [-0.2, 0) is 6.42 Å². The number of hydrogen-bond acceptors (Lipinski definition) is 3. The molecule has 3 heteroatoms. The van der Waals surface area contributed by atoms with Crippen LogP contribution in [0.25, 0.3) is 22.9 Å². The van der Waals surface area contributed by atoms with Crippen LogP contribution in [0, 0.1) is 11.8 Å². The molecule has 3 aliphatic carbocycles. The van der Waals surface area contributed by atoms with Crippen LogP contribution >= 0.6 is 0 Å². The van der Waals surface area contributed by atoms with Gasteiger partial charge in [-0.2, -0.15) is 0 Å². The highest BCUT2D eigenvalue weighted by Crippen LogP contribution is 2.43. The van der Waals surface area contributed by atoms with Gasteiger partial charge in [-0.25, -0.2) is 0 Å². The molecule has 0 saturated carbocycles. The number of fused-ring (bicyclic) bond motifs is 2. The largest absolute Gasteiger partial charge is 0.334 e. The fraction of sp³-hybridized carbons (Fsp3) is 0.127. The van der Waals surface area contributed by atoms with Crippen molar-refractivity contribution in [2.75, 3.05) is 14.7 Å². The molecule has 8 aromatic rings. The lowest BCUT2D eigenvalue weighted by atomic mass is 9.78. The van der Waals surface area contributed by atoms with Crippen LogP contribution in [0.4, 0.5) is 34.1 Å². The molecule has 0 amide bonds. The molecule has 0 aromatic heterocycles. The van der Waals surface area contributed by atoms with Gasteiger partial charge in [0.1, 0.15) is 0 Å². The van der Waals surface area contributed by atoms with Gasteiger partial charge in [-0.05, 0) is 155 Å². The molecule has 4 atom stereocenters. The predicted octanol–water partition coefficient (Wildman–Crippen LogP) is 18.8. The fourth-order valence-electron chi connectivity index (χ4n) is 11.3. The molecule has 0 spiro atoms. The van der Waals surface area contributed by atoms with E-state index >= 15 is 0 Å². The van der Waals surface area contributed by atoms with Gasteiger partial charge >= 0.3 is 0 Å². The normalized spacial score (nSPS) is 17.3. The first kappa shape index (κ1) is 47.7. The summed E-state index contributed by atoms with van der Waals surface area (Å²) in [7, 11) is 0. The maximum atomic E-state index is 4.18. The first-order valence-corrected chi connectivity index (χ1v) is 26.3. The topological polar surface area (TPSA) is 9.72 Å². The molecule has 74 heavy (non-hydrogen) atoms. The molecule has 8 aromatic carbocycles. The second-order valence-corrected chi connectivity index (χ2v) is 19.6. The molecule has 0 aliphatic heterocycles. The summed E-state index contributed by atoms with van der Waals surface area (Å²) in [6, 6.07) is 73.6. The highest BCUT2D eigenvalue weighted by atomic mass is 15.2. The number of benzene rings is 8. The van der Waals surface area contributed by atoms with Crippen LogP contribution in [0.1, 0.15) is 60.4 Å². The Labute approximate surface area is 438 Å². The molecule has 0 fully saturated rings. The molecule has 0 radical (unpaired) electrons. The van der Waals surface area contributed by atoms with Gasteiger partial charge in [0.25, 0.3) is 0 Å². The molecule has 4 unspecified atom stereocenters. The van der Waals surface area contributed by atoms with Gasteiger partial charge in [-0.3, -0.25) is 0 Å². The summed E-state index contributed by atoms with van der Waals surface area (Å²) in [6.45, 7) is 8.60. The minimum absolute atomic E-state index is 0.0902. The maximum absolute atomic E-state index is 4.18. The van der Waals surface area contributed by atoms with E-state index in [1.165, 1.54) is 38.7 Å². The summed E-state index contributed by atoms with van der Waals surface area (Å²) >= 11 is 0. The lowest BCUT2D eigenvalue weighted by Crippen LogP contribution is -2.31. The van der Waals surface area contributed by atoms with Gasteiger partial charge in [0.05, 0.1) is 6.04 Å². The zero-order valence-electron chi connectivity index (χ0n) is 42.5. The lowest BCUT2D eigenvalue weighted by Gasteiger charge is -2.37. The van der Waals surface area contributed by atoms with Crippen molar-refractivity contribution in [2.45, 2.75) is 45.1 Å².